The van der Waals surface area contributed by atoms with E-state index in [0.717, 1.165) is 43.0 Å². The first-order valence-corrected chi connectivity index (χ1v) is 13.4. The monoisotopic (exact) mass is 486 g/mol. The lowest BCUT2D eigenvalue weighted by molar-refractivity contribution is 0.102. The highest BCUT2D eigenvalue weighted by Gasteiger charge is 2.18. The zero-order valence-corrected chi connectivity index (χ0v) is 20.0. The molecule has 0 spiro atoms. The molecule has 2 heterocycles. The van der Waals surface area contributed by atoms with Gasteiger partial charge in [-0.2, -0.15) is 0 Å². The Morgan fingerprint density at radius 1 is 0.886 bits per heavy atom. The van der Waals surface area contributed by atoms with Crippen molar-refractivity contribution in [2.75, 3.05) is 5.32 Å². The fourth-order valence-corrected chi connectivity index (χ4v) is 5.73. The zero-order chi connectivity index (χ0) is 24.3. The molecular weight excluding hydrogens is 460 g/mol. The number of hydrogen-bond donors (Lipinski definition) is 1. The Labute approximate surface area is 204 Å². The molecule has 0 bridgehead atoms. The molecule has 0 unspecified atom stereocenters. The molecule has 0 atom stereocenters. The summed E-state index contributed by atoms with van der Waals surface area (Å²) in [6.45, 7) is 0.896. The van der Waals surface area contributed by atoms with Gasteiger partial charge in [-0.1, -0.05) is 48.9 Å². The van der Waals surface area contributed by atoms with Gasteiger partial charge in [0.2, 0.25) is 0 Å². The maximum atomic E-state index is 13.0. The molecule has 1 amide bonds. The number of amides is 1. The molecule has 8 heteroatoms. The molecular formula is C27H26N4O3S. The number of hydrogen-bond acceptors (Lipinski definition) is 5. The van der Waals surface area contributed by atoms with Crippen molar-refractivity contribution < 1.29 is 13.2 Å². The minimum absolute atomic E-state index is 0.175. The van der Waals surface area contributed by atoms with Crippen molar-refractivity contribution >= 4 is 21.4 Å². The number of nitrogens with one attached hydrogen (secondary N) is 1. The van der Waals surface area contributed by atoms with E-state index < -0.39 is 9.84 Å². The molecule has 35 heavy (non-hydrogen) atoms. The number of rotatable bonds is 6. The van der Waals surface area contributed by atoms with E-state index >= 15 is 0 Å². The topological polar surface area (TPSA) is 93.9 Å². The van der Waals surface area contributed by atoms with Crippen LogP contribution < -0.4 is 5.32 Å². The van der Waals surface area contributed by atoms with Crippen LogP contribution in [0.4, 0.5) is 5.69 Å². The number of sulfone groups is 1. The molecule has 4 aromatic rings. The summed E-state index contributed by atoms with van der Waals surface area (Å²) in [6.07, 6.45) is 4.34. The van der Waals surface area contributed by atoms with Gasteiger partial charge in [-0.15, -0.1) is 10.2 Å². The number of anilines is 1. The quantitative estimate of drug-likeness (QED) is 0.418. The van der Waals surface area contributed by atoms with E-state index in [4.69, 9.17) is 0 Å². The summed E-state index contributed by atoms with van der Waals surface area (Å²) in [5, 5.41) is 11.7. The van der Waals surface area contributed by atoms with Gasteiger partial charge < -0.3 is 9.88 Å². The number of aryl methyl sites for hydroxylation is 1. The Balaban J connectivity index is 1.33. The Hall–Kier alpha value is -3.78. The average molecular weight is 487 g/mol. The summed E-state index contributed by atoms with van der Waals surface area (Å²) in [5.41, 5.74) is 2.49. The van der Waals surface area contributed by atoms with Crippen LogP contribution in [0.25, 0.3) is 11.4 Å². The van der Waals surface area contributed by atoms with Crippen LogP contribution in [0, 0.1) is 0 Å². The van der Waals surface area contributed by atoms with Crippen molar-refractivity contribution in [3.05, 3.63) is 95.8 Å². The Bertz CT molecular complexity index is 1460. The predicted octanol–water partition coefficient (Wildman–Crippen LogP) is 4.90. The summed E-state index contributed by atoms with van der Waals surface area (Å²) in [7, 11) is -3.50. The summed E-state index contributed by atoms with van der Waals surface area (Å²) in [5.74, 6) is 1.34. The van der Waals surface area contributed by atoms with Crippen LogP contribution >= 0.6 is 0 Å². The summed E-state index contributed by atoms with van der Waals surface area (Å²) in [4.78, 5) is 13.2. The van der Waals surface area contributed by atoms with Crippen molar-refractivity contribution in [2.45, 2.75) is 42.9 Å². The molecule has 3 aromatic carbocycles. The minimum atomic E-state index is -3.50. The first-order chi connectivity index (χ1) is 17.0. The van der Waals surface area contributed by atoms with Gasteiger partial charge in [0.1, 0.15) is 5.82 Å². The van der Waals surface area contributed by atoms with Gasteiger partial charge in [-0.25, -0.2) is 8.42 Å². The largest absolute Gasteiger partial charge is 0.322 e. The lowest BCUT2D eigenvalue weighted by Crippen LogP contribution is -2.13. The number of carbonyl (C=O) groups excluding carboxylic acids is 1. The lowest BCUT2D eigenvalue weighted by Gasteiger charge is -2.10. The highest BCUT2D eigenvalue weighted by atomic mass is 32.2. The van der Waals surface area contributed by atoms with Crippen molar-refractivity contribution in [1.82, 2.24) is 14.8 Å². The minimum Gasteiger partial charge on any atom is -0.322 e. The van der Waals surface area contributed by atoms with Gasteiger partial charge in [0.15, 0.2) is 15.7 Å². The third-order valence-corrected chi connectivity index (χ3v) is 7.84. The van der Waals surface area contributed by atoms with E-state index in [0.29, 0.717) is 16.8 Å². The van der Waals surface area contributed by atoms with Crippen LogP contribution in [-0.2, 0) is 28.6 Å². The lowest BCUT2D eigenvalue weighted by atomic mass is 10.1. The summed E-state index contributed by atoms with van der Waals surface area (Å²) < 4.78 is 27.6. The van der Waals surface area contributed by atoms with Gasteiger partial charge in [0, 0.05) is 29.8 Å². The second-order valence-electron chi connectivity index (χ2n) is 8.71. The molecule has 5 rings (SSSR count). The van der Waals surface area contributed by atoms with Crippen LogP contribution in [0.5, 0.6) is 0 Å². The number of fused-ring (bicyclic) bond motifs is 1. The molecule has 1 aromatic heterocycles. The smallest absolute Gasteiger partial charge is 0.255 e. The van der Waals surface area contributed by atoms with Gasteiger partial charge in [-0.3, -0.25) is 4.79 Å². The Morgan fingerprint density at radius 2 is 1.71 bits per heavy atom. The van der Waals surface area contributed by atoms with E-state index in [1.54, 1.807) is 54.6 Å². The SMILES string of the molecule is O=C(Nc1cccc(-c2nnc3n2CCCCC3)c1)c1cccc(CS(=O)(=O)c2ccccc2)c1. The van der Waals surface area contributed by atoms with Crippen LogP contribution in [0.3, 0.4) is 0 Å². The summed E-state index contributed by atoms with van der Waals surface area (Å²) >= 11 is 0. The standard InChI is InChI=1S/C27H26N4O3S/c32-27(22-11-7-9-20(17-22)19-35(33,34)24-13-3-1-4-14-24)28-23-12-8-10-21(18-23)26-30-29-25-15-5-2-6-16-31(25)26/h1,3-4,7-14,17-18H,2,5-6,15-16,19H2,(H,28,32). The zero-order valence-electron chi connectivity index (χ0n) is 19.2. The third kappa shape index (κ3) is 5.17. The van der Waals surface area contributed by atoms with Gasteiger partial charge in [-0.05, 0) is 54.8 Å². The maximum absolute atomic E-state index is 13.0. The molecule has 178 valence electrons. The van der Waals surface area contributed by atoms with Crippen LogP contribution in [-0.4, -0.2) is 29.1 Å². The van der Waals surface area contributed by atoms with E-state index in [9.17, 15) is 13.2 Å². The first kappa shape index (κ1) is 23.0. The number of nitrogens with zero attached hydrogens (tertiary/aromatic N) is 3. The molecule has 0 fully saturated rings. The molecule has 1 N–H and O–H groups in total. The second kappa shape index (κ2) is 9.84. The van der Waals surface area contributed by atoms with E-state index in [1.165, 1.54) is 6.42 Å². The highest BCUT2D eigenvalue weighted by Crippen LogP contribution is 2.25. The molecule has 0 aliphatic carbocycles. The Kier molecular flexibility index (Phi) is 6.46. The number of benzene rings is 3. The summed E-state index contributed by atoms with van der Waals surface area (Å²) in [6, 6.07) is 22.6. The fourth-order valence-electron chi connectivity index (χ4n) is 4.37. The third-order valence-electron chi connectivity index (χ3n) is 6.14. The van der Waals surface area contributed by atoms with Crippen molar-refractivity contribution in [2.24, 2.45) is 0 Å². The van der Waals surface area contributed by atoms with Crippen molar-refractivity contribution in [3.8, 4) is 11.4 Å². The van der Waals surface area contributed by atoms with E-state index in [1.807, 2.05) is 24.3 Å². The second-order valence-corrected chi connectivity index (χ2v) is 10.7. The number of carbonyl (C=O) groups is 1. The molecule has 0 radical (unpaired) electrons. The maximum Gasteiger partial charge on any atom is 0.255 e. The molecule has 0 saturated carbocycles. The number of aromatic nitrogens is 3. The molecule has 1 aliphatic rings. The fraction of sp³-hybridized carbons (Fsp3) is 0.222. The van der Waals surface area contributed by atoms with E-state index in [-0.39, 0.29) is 16.6 Å². The first-order valence-electron chi connectivity index (χ1n) is 11.7. The van der Waals surface area contributed by atoms with Gasteiger partial charge in [0.05, 0.1) is 10.6 Å². The predicted molar refractivity (Wildman–Crippen MR) is 135 cm³/mol. The van der Waals surface area contributed by atoms with E-state index in [2.05, 4.69) is 20.1 Å². The Morgan fingerprint density at radius 3 is 2.57 bits per heavy atom. The van der Waals surface area contributed by atoms with Crippen molar-refractivity contribution in [1.29, 1.82) is 0 Å². The van der Waals surface area contributed by atoms with Crippen molar-refractivity contribution in [3.63, 3.8) is 0 Å². The van der Waals surface area contributed by atoms with Gasteiger partial charge >= 0.3 is 0 Å². The van der Waals surface area contributed by atoms with Crippen LogP contribution in [0.2, 0.25) is 0 Å². The normalized spacial score (nSPS) is 13.6. The molecule has 0 saturated heterocycles. The van der Waals surface area contributed by atoms with Gasteiger partial charge in [0.25, 0.3) is 5.91 Å². The van der Waals surface area contributed by atoms with Crippen LogP contribution in [0.1, 0.15) is 41.0 Å². The molecule has 7 nitrogen and oxygen atoms in total. The average Bonchev–Trinajstić information content (AvgIpc) is 3.13. The van der Waals surface area contributed by atoms with Crippen LogP contribution in [0.15, 0.2) is 83.8 Å². The highest BCUT2D eigenvalue weighted by molar-refractivity contribution is 7.90. The molecule has 1 aliphatic heterocycles.